The van der Waals surface area contributed by atoms with Gasteiger partial charge in [-0.2, -0.15) is 0 Å². The summed E-state index contributed by atoms with van der Waals surface area (Å²) in [6.45, 7) is 12.3. The van der Waals surface area contributed by atoms with Crippen molar-refractivity contribution in [1.29, 1.82) is 0 Å². The number of rotatable bonds is 6. The fraction of sp³-hybridized carbons (Fsp3) is 0.450. The summed E-state index contributed by atoms with van der Waals surface area (Å²) in [6, 6.07) is 5.04. The Hall–Kier alpha value is -1.83. The van der Waals surface area contributed by atoms with E-state index >= 15 is 0 Å². The van der Waals surface area contributed by atoms with Crippen LogP contribution in [0.1, 0.15) is 13.8 Å². The van der Waals surface area contributed by atoms with Gasteiger partial charge in [0.15, 0.2) is 5.16 Å². The Morgan fingerprint density at radius 2 is 2.07 bits per heavy atom. The maximum Gasteiger partial charge on any atom is 0.262 e. The van der Waals surface area contributed by atoms with Crippen LogP contribution < -0.4 is 5.56 Å². The van der Waals surface area contributed by atoms with Crippen molar-refractivity contribution in [1.82, 2.24) is 19.4 Å². The molecule has 6 nitrogen and oxygen atoms in total. The first kappa shape index (κ1) is 20.9. The van der Waals surface area contributed by atoms with Crippen molar-refractivity contribution in [2.24, 2.45) is 0 Å². The SMILES string of the molecule is C=CCn1c(S[C@@H](C)C(=O)N2CCN(CC)CC2)nc2cc(Cl)ccc2c1=O. The predicted molar refractivity (Wildman–Crippen MR) is 115 cm³/mol. The second-order valence-electron chi connectivity index (χ2n) is 6.78. The third kappa shape index (κ3) is 4.42. The van der Waals surface area contributed by atoms with Crippen LogP contribution in [0.15, 0.2) is 40.8 Å². The maximum atomic E-state index is 12.9. The van der Waals surface area contributed by atoms with E-state index in [1.54, 1.807) is 28.8 Å². The molecule has 1 aliphatic heterocycles. The molecule has 0 spiro atoms. The highest BCUT2D eigenvalue weighted by Gasteiger charge is 2.26. The summed E-state index contributed by atoms with van der Waals surface area (Å²) in [7, 11) is 0. The standard InChI is InChI=1S/C20H25ClN4O2S/c1-4-8-25-19(27)16-7-6-15(21)13-17(16)22-20(25)28-14(3)18(26)24-11-9-23(5-2)10-12-24/h4,6-7,13-14H,1,5,8-12H2,2-3H3/t14-/m0/s1. The molecule has 1 aromatic carbocycles. The van der Waals surface area contributed by atoms with Crippen LogP contribution >= 0.6 is 23.4 Å². The Labute approximate surface area is 174 Å². The number of carbonyl (C=O) groups excluding carboxylic acids is 1. The largest absolute Gasteiger partial charge is 0.339 e. The van der Waals surface area contributed by atoms with E-state index in [0.29, 0.717) is 27.6 Å². The zero-order valence-corrected chi connectivity index (χ0v) is 17.8. The van der Waals surface area contributed by atoms with Crippen LogP contribution in [0, 0.1) is 0 Å². The highest BCUT2D eigenvalue weighted by Crippen LogP contribution is 2.25. The van der Waals surface area contributed by atoms with Crippen LogP contribution in [0.25, 0.3) is 10.9 Å². The number of hydrogen-bond donors (Lipinski definition) is 0. The lowest BCUT2D eigenvalue weighted by Gasteiger charge is -2.35. The van der Waals surface area contributed by atoms with Crippen LogP contribution in [-0.2, 0) is 11.3 Å². The highest BCUT2D eigenvalue weighted by atomic mass is 35.5. The van der Waals surface area contributed by atoms with Crippen LogP contribution in [0.4, 0.5) is 0 Å². The van der Waals surface area contributed by atoms with E-state index in [-0.39, 0.29) is 16.7 Å². The maximum absolute atomic E-state index is 12.9. The van der Waals surface area contributed by atoms with Crippen molar-refractivity contribution in [2.45, 2.75) is 30.8 Å². The number of halogens is 1. The molecule has 2 heterocycles. The lowest BCUT2D eigenvalue weighted by molar-refractivity contribution is -0.132. The molecular weight excluding hydrogens is 396 g/mol. The number of likely N-dealkylation sites (N-methyl/N-ethyl adjacent to an activating group) is 1. The van der Waals surface area contributed by atoms with E-state index in [4.69, 9.17) is 11.6 Å². The molecule has 1 atom stereocenters. The summed E-state index contributed by atoms with van der Waals surface area (Å²) >= 11 is 7.38. The van der Waals surface area contributed by atoms with E-state index in [2.05, 4.69) is 23.4 Å². The number of nitrogens with zero attached hydrogens (tertiary/aromatic N) is 4. The topological polar surface area (TPSA) is 58.4 Å². The third-order valence-corrected chi connectivity index (χ3v) is 6.27. The number of thioether (sulfide) groups is 1. The molecule has 0 N–H and O–H groups in total. The summed E-state index contributed by atoms with van der Waals surface area (Å²) in [6.07, 6.45) is 1.66. The number of amides is 1. The molecule has 1 fully saturated rings. The van der Waals surface area contributed by atoms with Crippen LogP contribution in [0.3, 0.4) is 0 Å². The molecule has 8 heteroatoms. The number of hydrogen-bond acceptors (Lipinski definition) is 5. The van der Waals surface area contributed by atoms with Crippen LogP contribution in [0.2, 0.25) is 5.02 Å². The van der Waals surface area contributed by atoms with Gasteiger partial charge in [-0.05, 0) is 31.7 Å². The van der Waals surface area contributed by atoms with Gasteiger partial charge >= 0.3 is 0 Å². The first-order valence-electron chi connectivity index (χ1n) is 9.43. The summed E-state index contributed by atoms with van der Waals surface area (Å²) < 4.78 is 1.56. The quantitative estimate of drug-likeness (QED) is 0.408. The average Bonchev–Trinajstić information content (AvgIpc) is 2.70. The number of piperazine rings is 1. The molecule has 0 radical (unpaired) electrons. The summed E-state index contributed by atoms with van der Waals surface area (Å²) in [4.78, 5) is 34.6. The Morgan fingerprint density at radius 3 is 2.71 bits per heavy atom. The average molecular weight is 421 g/mol. The summed E-state index contributed by atoms with van der Waals surface area (Å²) in [5.74, 6) is 0.0753. The minimum Gasteiger partial charge on any atom is -0.339 e. The lowest BCUT2D eigenvalue weighted by Crippen LogP contribution is -2.50. The van der Waals surface area contributed by atoms with Gasteiger partial charge in [-0.25, -0.2) is 4.98 Å². The number of carbonyl (C=O) groups is 1. The highest BCUT2D eigenvalue weighted by molar-refractivity contribution is 8.00. The van der Waals surface area contributed by atoms with Crippen molar-refractivity contribution in [3.05, 3.63) is 46.2 Å². The molecule has 1 saturated heterocycles. The molecule has 0 unspecified atom stereocenters. The third-order valence-electron chi connectivity index (χ3n) is 4.96. The molecular formula is C20H25ClN4O2S. The second-order valence-corrected chi connectivity index (χ2v) is 8.52. The first-order valence-corrected chi connectivity index (χ1v) is 10.7. The molecule has 28 heavy (non-hydrogen) atoms. The van der Waals surface area contributed by atoms with Crippen LogP contribution in [0.5, 0.6) is 0 Å². The van der Waals surface area contributed by atoms with Crippen molar-refractivity contribution < 1.29 is 4.79 Å². The Balaban J connectivity index is 1.86. The number of fused-ring (bicyclic) bond motifs is 1. The molecule has 1 amide bonds. The molecule has 0 bridgehead atoms. The van der Waals surface area contributed by atoms with Gasteiger partial charge in [-0.3, -0.25) is 14.2 Å². The Morgan fingerprint density at radius 1 is 1.36 bits per heavy atom. The zero-order chi connectivity index (χ0) is 20.3. The van der Waals surface area contributed by atoms with Crippen molar-refractivity contribution in [3.63, 3.8) is 0 Å². The fourth-order valence-electron chi connectivity index (χ4n) is 3.30. The Kier molecular flexibility index (Phi) is 6.80. The smallest absolute Gasteiger partial charge is 0.262 e. The Bertz CT molecular complexity index is 938. The van der Waals surface area contributed by atoms with E-state index in [0.717, 1.165) is 32.7 Å². The minimum absolute atomic E-state index is 0.0753. The van der Waals surface area contributed by atoms with Crippen LogP contribution in [-0.4, -0.2) is 63.2 Å². The van der Waals surface area contributed by atoms with E-state index in [1.165, 1.54) is 11.8 Å². The van der Waals surface area contributed by atoms with E-state index in [9.17, 15) is 9.59 Å². The number of aromatic nitrogens is 2. The minimum atomic E-state index is -0.340. The molecule has 0 aliphatic carbocycles. The molecule has 3 rings (SSSR count). The fourth-order valence-corrected chi connectivity index (χ4v) is 4.47. The normalized spacial score (nSPS) is 16.3. The van der Waals surface area contributed by atoms with Crippen molar-refractivity contribution in [2.75, 3.05) is 32.7 Å². The molecule has 2 aromatic rings. The van der Waals surface area contributed by atoms with Gasteiger partial charge in [0.05, 0.1) is 16.2 Å². The van der Waals surface area contributed by atoms with Gasteiger partial charge in [0.2, 0.25) is 5.91 Å². The van der Waals surface area contributed by atoms with E-state index < -0.39 is 0 Å². The van der Waals surface area contributed by atoms with Gasteiger partial charge in [-0.15, -0.1) is 6.58 Å². The molecule has 1 aliphatic rings. The zero-order valence-electron chi connectivity index (χ0n) is 16.2. The first-order chi connectivity index (χ1) is 13.4. The van der Waals surface area contributed by atoms with Gasteiger partial charge < -0.3 is 9.80 Å². The van der Waals surface area contributed by atoms with Gasteiger partial charge in [0, 0.05) is 37.7 Å². The van der Waals surface area contributed by atoms with Gasteiger partial charge in [-0.1, -0.05) is 36.4 Å². The monoisotopic (exact) mass is 420 g/mol. The number of benzene rings is 1. The molecule has 0 saturated carbocycles. The second kappa shape index (κ2) is 9.11. The van der Waals surface area contributed by atoms with Crippen molar-refractivity contribution >= 4 is 40.2 Å². The molecule has 1 aromatic heterocycles. The predicted octanol–water partition coefficient (Wildman–Crippen LogP) is 2.88. The van der Waals surface area contributed by atoms with Gasteiger partial charge in [0.25, 0.3) is 5.56 Å². The van der Waals surface area contributed by atoms with Gasteiger partial charge in [0.1, 0.15) is 0 Å². The summed E-state index contributed by atoms with van der Waals surface area (Å²) in [5.41, 5.74) is 0.386. The summed E-state index contributed by atoms with van der Waals surface area (Å²) in [5, 5.41) is 1.19. The van der Waals surface area contributed by atoms with Crippen molar-refractivity contribution in [3.8, 4) is 0 Å². The lowest BCUT2D eigenvalue weighted by atomic mass is 10.2. The molecule has 150 valence electrons. The van der Waals surface area contributed by atoms with E-state index in [1.807, 2.05) is 11.8 Å². The number of allylic oxidation sites excluding steroid dienone is 1.